The molecule has 0 spiro atoms. The normalized spacial score (nSPS) is 17.4. The third-order valence-corrected chi connectivity index (χ3v) is 4.96. The second-order valence-corrected chi connectivity index (χ2v) is 6.90. The van der Waals surface area contributed by atoms with Crippen molar-refractivity contribution >= 4 is 11.8 Å². The average molecular weight is 288 g/mol. The smallest absolute Gasteiger partial charge is 0.106 e. The summed E-state index contributed by atoms with van der Waals surface area (Å²) in [6.07, 6.45) is 5.41. The number of thioether (sulfide) groups is 1. The summed E-state index contributed by atoms with van der Waals surface area (Å²) in [5, 5.41) is 13.0. The molecule has 0 bridgehead atoms. The van der Waals surface area contributed by atoms with Crippen molar-refractivity contribution in [3.05, 3.63) is 29.8 Å². The monoisotopic (exact) mass is 288 g/mol. The molecule has 1 saturated carbocycles. The summed E-state index contributed by atoms with van der Waals surface area (Å²) in [7, 11) is 0. The molecule has 2 nitrogen and oxygen atoms in total. The number of rotatable bonds is 8. The Morgan fingerprint density at radius 1 is 1.45 bits per heavy atom. The Labute approximate surface area is 127 Å². The van der Waals surface area contributed by atoms with Crippen LogP contribution in [0.2, 0.25) is 0 Å². The third-order valence-electron chi connectivity index (χ3n) is 3.88. The molecule has 1 aliphatic rings. The fourth-order valence-electron chi connectivity index (χ4n) is 2.41. The Hall–Kier alpha value is -0.980. The Morgan fingerprint density at radius 3 is 2.85 bits per heavy atom. The molecule has 1 aromatic carbocycles. The lowest BCUT2D eigenvalue weighted by molar-refractivity contribution is 0.367. The number of nitrogens with zero attached hydrogens (tertiary/aromatic N) is 1. The van der Waals surface area contributed by atoms with Gasteiger partial charge in [-0.05, 0) is 56.9 Å². The van der Waals surface area contributed by atoms with Gasteiger partial charge in [0.05, 0.1) is 6.07 Å². The van der Waals surface area contributed by atoms with E-state index in [2.05, 4.69) is 49.5 Å². The summed E-state index contributed by atoms with van der Waals surface area (Å²) >= 11 is 1.89. The molecule has 1 aromatic rings. The van der Waals surface area contributed by atoms with Crippen LogP contribution in [0.15, 0.2) is 29.2 Å². The van der Waals surface area contributed by atoms with Gasteiger partial charge in [0, 0.05) is 10.9 Å². The number of nitrogens with one attached hydrogen (secondary N) is 1. The molecule has 1 N–H and O–H groups in total. The number of nitriles is 1. The SMILES string of the molecule is CCC(C#N)(CCCSc1cccc(C)c1)NC1CC1. The first kappa shape index (κ1) is 15.4. The zero-order valence-electron chi connectivity index (χ0n) is 12.5. The van der Waals surface area contributed by atoms with Crippen LogP contribution in [0.5, 0.6) is 0 Å². The summed E-state index contributed by atoms with van der Waals surface area (Å²) in [6.45, 7) is 4.24. The van der Waals surface area contributed by atoms with Gasteiger partial charge in [0.25, 0.3) is 0 Å². The lowest BCUT2D eigenvalue weighted by atomic mass is 9.92. The summed E-state index contributed by atoms with van der Waals surface area (Å²) in [6, 6.07) is 11.7. The van der Waals surface area contributed by atoms with Gasteiger partial charge < -0.3 is 0 Å². The summed E-state index contributed by atoms with van der Waals surface area (Å²) in [5.41, 5.74) is 1.01. The first-order chi connectivity index (χ1) is 9.67. The largest absolute Gasteiger partial charge is 0.297 e. The van der Waals surface area contributed by atoms with Gasteiger partial charge in [-0.2, -0.15) is 5.26 Å². The molecule has 1 unspecified atom stereocenters. The van der Waals surface area contributed by atoms with Gasteiger partial charge in [-0.25, -0.2) is 0 Å². The molecular weight excluding hydrogens is 264 g/mol. The third kappa shape index (κ3) is 4.54. The molecule has 0 aromatic heterocycles. The molecule has 2 rings (SSSR count). The van der Waals surface area contributed by atoms with Crippen molar-refractivity contribution in [1.29, 1.82) is 5.26 Å². The minimum Gasteiger partial charge on any atom is -0.297 e. The van der Waals surface area contributed by atoms with E-state index >= 15 is 0 Å². The minimum atomic E-state index is -0.297. The average Bonchev–Trinajstić information content (AvgIpc) is 3.26. The lowest BCUT2D eigenvalue weighted by Gasteiger charge is -2.26. The Bertz CT molecular complexity index is 476. The molecule has 0 aliphatic heterocycles. The second kappa shape index (κ2) is 7.15. The zero-order valence-corrected chi connectivity index (χ0v) is 13.3. The van der Waals surface area contributed by atoms with Crippen LogP contribution >= 0.6 is 11.8 Å². The van der Waals surface area contributed by atoms with Crippen molar-refractivity contribution in [3.8, 4) is 6.07 Å². The standard InChI is InChI=1S/C17H24N2S/c1-3-17(13-18,19-15-8-9-15)10-5-11-20-16-7-4-6-14(2)12-16/h4,6-7,12,15,19H,3,5,8-11H2,1-2H3. The quantitative estimate of drug-likeness (QED) is 0.572. The van der Waals surface area contributed by atoms with E-state index in [9.17, 15) is 5.26 Å². The van der Waals surface area contributed by atoms with Gasteiger partial charge in [-0.15, -0.1) is 11.8 Å². The Kier molecular flexibility index (Phi) is 5.51. The molecule has 20 heavy (non-hydrogen) atoms. The van der Waals surface area contributed by atoms with Crippen LogP contribution in [-0.2, 0) is 0 Å². The summed E-state index contributed by atoms with van der Waals surface area (Å²) in [5.74, 6) is 1.08. The van der Waals surface area contributed by atoms with Crippen LogP contribution < -0.4 is 5.32 Å². The summed E-state index contributed by atoms with van der Waals surface area (Å²) in [4.78, 5) is 1.33. The lowest BCUT2D eigenvalue weighted by Crippen LogP contribution is -2.44. The molecule has 0 saturated heterocycles. The number of benzene rings is 1. The van der Waals surface area contributed by atoms with E-state index in [-0.39, 0.29) is 5.54 Å². The number of hydrogen-bond donors (Lipinski definition) is 1. The Morgan fingerprint density at radius 2 is 2.25 bits per heavy atom. The zero-order chi connectivity index (χ0) is 14.4. The molecule has 1 aliphatic carbocycles. The predicted octanol–water partition coefficient (Wildman–Crippen LogP) is 4.29. The summed E-state index contributed by atoms with van der Waals surface area (Å²) < 4.78 is 0. The van der Waals surface area contributed by atoms with Crippen LogP contribution in [0.25, 0.3) is 0 Å². The Balaban J connectivity index is 1.77. The van der Waals surface area contributed by atoms with Crippen LogP contribution in [0.4, 0.5) is 0 Å². The van der Waals surface area contributed by atoms with Gasteiger partial charge in [0.2, 0.25) is 0 Å². The number of hydrogen-bond acceptors (Lipinski definition) is 3. The van der Waals surface area contributed by atoms with Gasteiger partial charge in [0.1, 0.15) is 5.54 Å². The van der Waals surface area contributed by atoms with Crippen LogP contribution in [0, 0.1) is 18.3 Å². The van der Waals surface area contributed by atoms with E-state index in [1.807, 2.05) is 11.8 Å². The highest BCUT2D eigenvalue weighted by Gasteiger charge is 2.34. The van der Waals surface area contributed by atoms with E-state index in [0.29, 0.717) is 6.04 Å². The molecule has 0 radical (unpaired) electrons. The van der Waals surface area contributed by atoms with E-state index in [1.165, 1.54) is 23.3 Å². The van der Waals surface area contributed by atoms with Crippen molar-refractivity contribution in [2.75, 3.05) is 5.75 Å². The van der Waals surface area contributed by atoms with E-state index in [0.717, 1.165) is 25.0 Å². The number of aryl methyl sites for hydroxylation is 1. The van der Waals surface area contributed by atoms with Crippen LogP contribution in [0.3, 0.4) is 0 Å². The predicted molar refractivity (Wildman–Crippen MR) is 85.9 cm³/mol. The van der Waals surface area contributed by atoms with Gasteiger partial charge >= 0.3 is 0 Å². The van der Waals surface area contributed by atoms with Crippen LogP contribution in [-0.4, -0.2) is 17.3 Å². The van der Waals surface area contributed by atoms with Gasteiger partial charge in [-0.1, -0.05) is 24.6 Å². The van der Waals surface area contributed by atoms with E-state index in [4.69, 9.17) is 0 Å². The maximum Gasteiger partial charge on any atom is 0.106 e. The fraction of sp³-hybridized carbons (Fsp3) is 0.588. The first-order valence-electron chi connectivity index (χ1n) is 7.56. The highest BCUT2D eigenvalue weighted by molar-refractivity contribution is 7.99. The van der Waals surface area contributed by atoms with Crippen molar-refractivity contribution in [2.24, 2.45) is 0 Å². The van der Waals surface area contributed by atoms with Crippen molar-refractivity contribution < 1.29 is 0 Å². The second-order valence-electron chi connectivity index (χ2n) is 5.73. The van der Waals surface area contributed by atoms with E-state index in [1.54, 1.807) is 0 Å². The van der Waals surface area contributed by atoms with E-state index < -0.39 is 0 Å². The van der Waals surface area contributed by atoms with Crippen molar-refractivity contribution in [2.45, 2.75) is 62.4 Å². The van der Waals surface area contributed by atoms with Crippen molar-refractivity contribution in [1.82, 2.24) is 5.32 Å². The first-order valence-corrected chi connectivity index (χ1v) is 8.54. The van der Waals surface area contributed by atoms with Gasteiger partial charge in [-0.3, -0.25) is 5.32 Å². The highest BCUT2D eigenvalue weighted by atomic mass is 32.2. The molecule has 1 fully saturated rings. The molecule has 0 amide bonds. The molecule has 3 heteroatoms. The maximum atomic E-state index is 9.49. The minimum absolute atomic E-state index is 0.297. The molecule has 1 atom stereocenters. The van der Waals surface area contributed by atoms with Crippen molar-refractivity contribution in [3.63, 3.8) is 0 Å². The fourth-order valence-corrected chi connectivity index (χ4v) is 3.37. The molecular formula is C17H24N2S. The topological polar surface area (TPSA) is 35.8 Å². The molecule has 0 heterocycles. The molecule has 108 valence electrons. The van der Waals surface area contributed by atoms with Gasteiger partial charge in [0.15, 0.2) is 0 Å². The maximum absolute atomic E-state index is 9.49. The van der Waals surface area contributed by atoms with Crippen LogP contribution in [0.1, 0.15) is 44.6 Å². The highest BCUT2D eigenvalue weighted by Crippen LogP contribution is 2.28.